The number of allylic oxidation sites excluding steroid dienone is 1. The summed E-state index contributed by atoms with van der Waals surface area (Å²) in [7, 11) is 0. The van der Waals surface area contributed by atoms with E-state index in [4.69, 9.17) is 15.3 Å². The van der Waals surface area contributed by atoms with Crippen molar-refractivity contribution in [3.63, 3.8) is 0 Å². The third-order valence-electron chi connectivity index (χ3n) is 3.41. The molecule has 0 atom stereocenters. The van der Waals surface area contributed by atoms with Gasteiger partial charge in [0, 0.05) is 11.6 Å². The van der Waals surface area contributed by atoms with Gasteiger partial charge < -0.3 is 4.74 Å². The van der Waals surface area contributed by atoms with Crippen LogP contribution in [0.4, 0.5) is 4.39 Å². The molecule has 0 N–H and O–H groups in total. The number of hydrogen-bond acceptors (Lipinski definition) is 5. The minimum Gasteiger partial charge on any atom is -0.491 e. The monoisotopic (exact) mass is 349 g/mol. The van der Waals surface area contributed by atoms with Gasteiger partial charge in [-0.25, -0.2) is 9.37 Å². The molecule has 0 radical (unpaired) electrons. The van der Waals surface area contributed by atoms with Gasteiger partial charge in [0.25, 0.3) is 0 Å². The lowest BCUT2D eigenvalue weighted by Crippen LogP contribution is -1.97. The van der Waals surface area contributed by atoms with E-state index in [1.165, 1.54) is 6.08 Å². The van der Waals surface area contributed by atoms with Gasteiger partial charge in [-0.2, -0.15) is 10.5 Å². The zero-order chi connectivity index (χ0) is 17.6. The first-order chi connectivity index (χ1) is 12.2. The van der Waals surface area contributed by atoms with E-state index in [0.29, 0.717) is 5.75 Å². The summed E-state index contributed by atoms with van der Waals surface area (Å²) in [6.07, 6.45) is 1.54. The number of hydrogen-bond donors (Lipinski definition) is 0. The third-order valence-corrected chi connectivity index (χ3v) is 4.50. The third kappa shape index (κ3) is 3.82. The summed E-state index contributed by atoms with van der Waals surface area (Å²) in [4.78, 5) is 4.60. The van der Waals surface area contributed by atoms with E-state index in [-0.39, 0.29) is 12.2 Å². The highest BCUT2D eigenvalue weighted by Crippen LogP contribution is 2.32. The molecule has 4 nitrogen and oxygen atoms in total. The van der Waals surface area contributed by atoms with E-state index < -0.39 is 6.67 Å². The molecule has 0 aliphatic heterocycles. The predicted molar refractivity (Wildman–Crippen MR) is 95.7 cm³/mol. The highest BCUT2D eigenvalue weighted by molar-refractivity contribution is 7.21. The van der Waals surface area contributed by atoms with E-state index >= 15 is 0 Å². The Hall–Kier alpha value is -3.22. The molecule has 6 heteroatoms. The number of halogens is 1. The van der Waals surface area contributed by atoms with Crippen LogP contribution < -0.4 is 4.74 Å². The van der Waals surface area contributed by atoms with Gasteiger partial charge in [-0.1, -0.05) is 24.3 Å². The molecule has 0 spiro atoms. The van der Waals surface area contributed by atoms with Crippen molar-refractivity contribution in [2.45, 2.75) is 0 Å². The van der Waals surface area contributed by atoms with E-state index in [2.05, 4.69) is 4.98 Å². The van der Waals surface area contributed by atoms with Gasteiger partial charge in [-0.05, 0) is 23.8 Å². The van der Waals surface area contributed by atoms with Crippen LogP contribution in [0.15, 0.2) is 48.0 Å². The smallest absolute Gasteiger partial charge is 0.130 e. The second-order valence-corrected chi connectivity index (χ2v) is 6.12. The van der Waals surface area contributed by atoms with Crippen LogP contribution >= 0.6 is 11.3 Å². The minimum absolute atomic E-state index is 0.0326. The molecule has 2 aromatic carbocycles. The Morgan fingerprint density at radius 2 is 1.92 bits per heavy atom. The number of thiazole rings is 1. The molecule has 0 fully saturated rings. The Kier molecular flexibility index (Phi) is 5.03. The quantitative estimate of drug-likeness (QED) is 0.624. The van der Waals surface area contributed by atoms with Crippen molar-refractivity contribution in [2.24, 2.45) is 0 Å². The SMILES string of the molecule is N#CC(C#N)=Cc1ccc(-c2nc3cc(OCCF)ccc3s2)cc1. The van der Waals surface area contributed by atoms with Crippen LogP contribution in [0.5, 0.6) is 5.75 Å². The first-order valence-electron chi connectivity index (χ1n) is 7.45. The number of ether oxygens (including phenoxy) is 1. The Bertz CT molecular complexity index is 994. The van der Waals surface area contributed by atoms with Crippen molar-refractivity contribution in [1.82, 2.24) is 4.98 Å². The molecule has 0 amide bonds. The van der Waals surface area contributed by atoms with Crippen LogP contribution in [-0.4, -0.2) is 18.3 Å². The topological polar surface area (TPSA) is 69.7 Å². The number of benzene rings is 2. The predicted octanol–water partition coefficient (Wildman–Crippen LogP) is 4.74. The fourth-order valence-electron chi connectivity index (χ4n) is 2.26. The van der Waals surface area contributed by atoms with E-state index in [1.54, 1.807) is 23.5 Å². The van der Waals surface area contributed by atoms with Crippen molar-refractivity contribution in [2.75, 3.05) is 13.3 Å². The van der Waals surface area contributed by atoms with Gasteiger partial charge in [0.05, 0.1) is 10.2 Å². The van der Waals surface area contributed by atoms with E-state index in [0.717, 1.165) is 26.4 Å². The molecule has 0 saturated carbocycles. The summed E-state index contributed by atoms with van der Waals surface area (Å²) in [5.41, 5.74) is 2.59. The molecule has 0 aliphatic carbocycles. The number of alkyl halides is 1. The minimum atomic E-state index is -0.527. The van der Waals surface area contributed by atoms with Crippen LogP contribution in [0.2, 0.25) is 0 Å². The second kappa shape index (κ2) is 7.57. The van der Waals surface area contributed by atoms with Crippen LogP contribution in [0.1, 0.15) is 5.56 Å². The van der Waals surface area contributed by atoms with Crippen molar-refractivity contribution < 1.29 is 9.13 Å². The van der Waals surface area contributed by atoms with Crippen molar-refractivity contribution >= 4 is 27.6 Å². The van der Waals surface area contributed by atoms with Gasteiger partial charge in [0.1, 0.15) is 41.8 Å². The lowest BCUT2D eigenvalue weighted by atomic mass is 10.1. The molecule has 3 rings (SSSR count). The molecule has 25 heavy (non-hydrogen) atoms. The molecule has 1 aromatic heterocycles. The van der Waals surface area contributed by atoms with Gasteiger partial charge in [-0.15, -0.1) is 11.3 Å². The molecular formula is C19H12FN3OS. The number of fused-ring (bicyclic) bond motifs is 1. The van der Waals surface area contributed by atoms with E-state index in [1.807, 2.05) is 42.5 Å². The average molecular weight is 349 g/mol. The lowest BCUT2D eigenvalue weighted by molar-refractivity contribution is 0.273. The summed E-state index contributed by atoms with van der Waals surface area (Å²) in [6.45, 7) is -0.495. The molecule has 1 heterocycles. The van der Waals surface area contributed by atoms with Gasteiger partial charge in [0.15, 0.2) is 0 Å². The normalized spacial score (nSPS) is 10.0. The fourth-order valence-corrected chi connectivity index (χ4v) is 3.21. The maximum atomic E-state index is 12.2. The fraction of sp³-hybridized carbons (Fsp3) is 0.105. The summed E-state index contributed by atoms with van der Waals surface area (Å²) >= 11 is 1.55. The molecule has 0 aliphatic rings. The average Bonchev–Trinajstić information content (AvgIpc) is 3.08. The zero-order valence-corrected chi connectivity index (χ0v) is 13.9. The van der Waals surface area contributed by atoms with Crippen LogP contribution in [-0.2, 0) is 0 Å². The molecular weight excluding hydrogens is 337 g/mol. The van der Waals surface area contributed by atoms with Crippen molar-refractivity contribution in [1.29, 1.82) is 10.5 Å². The van der Waals surface area contributed by atoms with Gasteiger partial charge in [0.2, 0.25) is 0 Å². The molecule has 3 aromatic rings. The maximum absolute atomic E-state index is 12.2. The number of rotatable bonds is 5. The molecule has 122 valence electrons. The zero-order valence-electron chi connectivity index (χ0n) is 13.1. The highest BCUT2D eigenvalue weighted by atomic mass is 32.1. The highest BCUT2D eigenvalue weighted by Gasteiger charge is 2.08. The number of nitrogens with zero attached hydrogens (tertiary/aromatic N) is 3. The van der Waals surface area contributed by atoms with Gasteiger partial charge >= 0.3 is 0 Å². The second-order valence-electron chi connectivity index (χ2n) is 5.09. The number of nitriles is 2. The Balaban J connectivity index is 1.88. The Morgan fingerprint density at radius 3 is 2.60 bits per heavy atom. The van der Waals surface area contributed by atoms with Crippen LogP contribution in [0, 0.1) is 22.7 Å². The summed E-state index contributed by atoms with van der Waals surface area (Å²) in [5.74, 6) is 0.600. The first-order valence-corrected chi connectivity index (χ1v) is 8.27. The molecule has 0 bridgehead atoms. The number of aromatic nitrogens is 1. The Morgan fingerprint density at radius 1 is 1.16 bits per heavy atom. The van der Waals surface area contributed by atoms with Crippen LogP contribution in [0.3, 0.4) is 0 Å². The summed E-state index contributed by atoms with van der Waals surface area (Å²) in [6, 6.07) is 16.7. The van der Waals surface area contributed by atoms with Gasteiger partial charge in [-0.3, -0.25) is 0 Å². The summed E-state index contributed by atoms with van der Waals surface area (Å²) in [5, 5.41) is 18.4. The molecule has 0 saturated heterocycles. The van der Waals surface area contributed by atoms with Crippen LogP contribution in [0.25, 0.3) is 26.9 Å². The molecule has 0 unspecified atom stereocenters. The van der Waals surface area contributed by atoms with E-state index in [9.17, 15) is 4.39 Å². The Labute approximate surface area is 148 Å². The first kappa shape index (κ1) is 16.6. The standard InChI is InChI=1S/C19H12FN3OS/c20-7-8-24-16-5-6-18-17(10-16)23-19(25-18)15-3-1-13(2-4-15)9-14(11-21)12-22/h1-6,9-10H,7-8H2. The lowest BCUT2D eigenvalue weighted by Gasteiger charge is -2.01. The summed E-state index contributed by atoms with van der Waals surface area (Å²) < 4.78 is 18.5. The van der Waals surface area contributed by atoms with Crippen molar-refractivity contribution in [3.8, 4) is 28.5 Å². The largest absolute Gasteiger partial charge is 0.491 e. The van der Waals surface area contributed by atoms with Crippen molar-refractivity contribution in [3.05, 3.63) is 53.6 Å². The maximum Gasteiger partial charge on any atom is 0.130 e.